The summed E-state index contributed by atoms with van der Waals surface area (Å²) in [7, 11) is 0. The minimum Gasteiger partial charge on any atom is -0.489 e. The molecule has 0 radical (unpaired) electrons. The third kappa shape index (κ3) is 1.66. The number of halogens is 1. The van der Waals surface area contributed by atoms with E-state index in [1.54, 1.807) is 0 Å². The van der Waals surface area contributed by atoms with Crippen LogP contribution in [0.2, 0.25) is 0 Å². The number of fused-ring (bicyclic) bond motifs is 3. The molecule has 18 heavy (non-hydrogen) atoms. The van der Waals surface area contributed by atoms with Crippen LogP contribution in [0.15, 0.2) is 10.5 Å². The summed E-state index contributed by atoms with van der Waals surface area (Å²) in [5.74, 6) is 1.48. The zero-order chi connectivity index (χ0) is 12.9. The van der Waals surface area contributed by atoms with Crippen molar-refractivity contribution in [2.24, 2.45) is 0 Å². The minimum atomic E-state index is -0.143. The Kier molecular flexibility index (Phi) is 2.66. The smallest absolute Gasteiger partial charge is 0.172 e. The van der Waals surface area contributed by atoms with E-state index < -0.39 is 0 Å². The van der Waals surface area contributed by atoms with Gasteiger partial charge in [-0.15, -0.1) is 0 Å². The number of carbonyl (C=O) groups is 1. The Bertz CT molecular complexity index is 534. The van der Waals surface area contributed by atoms with Crippen molar-refractivity contribution in [3.05, 3.63) is 21.7 Å². The maximum atomic E-state index is 12.3. The highest BCUT2D eigenvalue weighted by atomic mass is 79.9. The second-order valence-corrected chi connectivity index (χ2v) is 6.32. The van der Waals surface area contributed by atoms with Crippen LogP contribution in [0.1, 0.15) is 42.6 Å². The first-order valence-electron chi connectivity index (χ1n) is 6.16. The zero-order valence-corrected chi connectivity index (χ0v) is 12.1. The van der Waals surface area contributed by atoms with Gasteiger partial charge in [0.05, 0.1) is 18.8 Å². The van der Waals surface area contributed by atoms with E-state index >= 15 is 0 Å². The third-order valence-corrected chi connectivity index (χ3v) is 4.17. The van der Waals surface area contributed by atoms with Crippen LogP contribution in [0, 0.1) is 0 Å². The van der Waals surface area contributed by atoms with Crippen LogP contribution < -0.4 is 9.47 Å². The number of ketones is 1. The fourth-order valence-corrected chi connectivity index (χ4v) is 3.72. The number of rotatable bonds is 0. The van der Waals surface area contributed by atoms with Crippen molar-refractivity contribution < 1.29 is 14.3 Å². The average molecular weight is 311 g/mol. The predicted octanol–water partition coefficient (Wildman–Crippen LogP) is 3.47. The lowest BCUT2D eigenvalue weighted by Gasteiger charge is -2.21. The quantitative estimate of drug-likeness (QED) is 0.736. The summed E-state index contributed by atoms with van der Waals surface area (Å²) < 4.78 is 12.3. The zero-order valence-electron chi connectivity index (χ0n) is 10.5. The van der Waals surface area contributed by atoms with Crippen LogP contribution >= 0.6 is 15.9 Å². The van der Waals surface area contributed by atoms with Crippen molar-refractivity contribution in [1.29, 1.82) is 0 Å². The summed E-state index contributed by atoms with van der Waals surface area (Å²) in [6.07, 6.45) is 1.37. The number of hydrogen-bond acceptors (Lipinski definition) is 3. The van der Waals surface area contributed by atoms with E-state index in [4.69, 9.17) is 9.47 Å². The lowest BCUT2D eigenvalue weighted by Crippen LogP contribution is -2.13. The monoisotopic (exact) mass is 310 g/mol. The minimum absolute atomic E-state index is 0.143. The van der Waals surface area contributed by atoms with Crippen molar-refractivity contribution >= 4 is 21.7 Å². The first-order chi connectivity index (χ1) is 8.50. The Hall–Kier alpha value is -1.03. The lowest BCUT2D eigenvalue weighted by molar-refractivity contribution is 0.0976. The van der Waals surface area contributed by atoms with Gasteiger partial charge in [-0.1, -0.05) is 29.8 Å². The Morgan fingerprint density at radius 3 is 2.78 bits per heavy atom. The van der Waals surface area contributed by atoms with Gasteiger partial charge in [0.2, 0.25) is 0 Å². The van der Waals surface area contributed by atoms with E-state index in [0.29, 0.717) is 36.7 Å². The molecule has 0 amide bonds. The maximum absolute atomic E-state index is 12.3. The molecule has 2 aliphatic rings. The van der Waals surface area contributed by atoms with E-state index in [2.05, 4.69) is 29.8 Å². The van der Waals surface area contributed by atoms with Gasteiger partial charge in [-0.25, -0.2) is 0 Å². The first kappa shape index (κ1) is 12.0. The highest BCUT2D eigenvalue weighted by Crippen LogP contribution is 2.50. The maximum Gasteiger partial charge on any atom is 0.172 e. The third-order valence-electron chi connectivity index (χ3n) is 3.55. The van der Waals surface area contributed by atoms with Crippen LogP contribution in [0.3, 0.4) is 0 Å². The van der Waals surface area contributed by atoms with E-state index in [-0.39, 0.29) is 11.2 Å². The molecule has 3 rings (SSSR count). The van der Waals surface area contributed by atoms with Gasteiger partial charge in [0, 0.05) is 17.3 Å². The molecule has 1 aromatic carbocycles. The van der Waals surface area contributed by atoms with Gasteiger partial charge in [-0.3, -0.25) is 4.79 Å². The highest BCUT2D eigenvalue weighted by molar-refractivity contribution is 9.10. The molecular weight excluding hydrogens is 296 g/mol. The molecule has 0 saturated heterocycles. The van der Waals surface area contributed by atoms with Gasteiger partial charge in [-0.2, -0.15) is 0 Å². The van der Waals surface area contributed by atoms with E-state index in [9.17, 15) is 4.79 Å². The van der Waals surface area contributed by atoms with Gasteiger partial charge in [0.1, 0.15) is 0 Å². The summed E-state index contributed by atoms with van der Waals surface area (Å²) in [6, 6.07) is 1.93. The van der Waals surface area contributed by atoms with E-state index in [0.717, 1.165) is 16.5 Å². The van der Waals surface area contributed by atoms with Crippen molar-refractivity contribution in [2.75, 3.05) is 13.2 Å². The van der Waals surface area contributed by atoms with E-state index in [1.807, 2.05) is 6.07 Å². The Morgan fingerprint density at radius 1 is 1.28 bits per heavy atom. The van der Waals surface area contributed by atoms with Crippen LogP contribution in [0.4, 0.5) is 0 Å². The molecule has 0 N–H and O–H groups in total. The summed E-state index contributed by atoms with van der Waals surface area (Å²) in [5.41, 5.74) is 1.62. The van der Waals surface area contributed by atoms with Gasteiger partial charge >= 0.3 is 0 Å². The Labute approximate surface area is 115 Å². The van der Waals surface area contributed by atoms with Crippen molar-refractivity contribution in [2.45, 2.75) is 32.1 Å². The largest absolute Gasteiger partial charge is 0.489 e. The molecule has 1 aliphatic carbocycles. The molecule has 0 aromatic heterocycles. The van der Waals surface area contributed by atoms with Crippen LogP contribution in [0.5, 0.6) is 11.5 Å². The Balaban J connectivity index is 2.28. The normalized spacial score (nSPS) is 20.5. The molecule has 3 nitrogen and oxygen atoms in total. The molecule has 0 atom stereocenters. The molecular formula is C14H15BrO3. The molecule has 4 heteroatoms. The number of ether oxygens (including phenoxy) is 2. The fourth-order valence-electron chi connectivity index (χ4n) is 2.78. The SMILES string of the molecule is CC1(C)CC(=O)c2c3c(cc(Br)c21)OCCCO3. The topological polar surface area (TPSA) is 35.5 Å². The molecule has 1 aromatic rings. The van der Waals surface area contributed by atoms with Gasteiger partial charge in [0.15, 0.2) is 17.3 Å². The summed E-state index contributed by atoms with van der Waals surface area (Å²) in [5, 5.41) is 0. The van der Waals surface area contributed by atoms with Crippen LogP contribution in [-0.4, -0.2) is 19.0 Å². The molecule has 0 saturated carbocycles. The van der Waals surface area contributed by atoms with Crippen LogP contribution in [-0.2, 0) is 5.41 Å². The second kappa shape index (κ2) is 3.98. The number of carbonyl (C=O) groups excluding carboxylic acids is 1. The van der Waals surface area contributed by atoms with E-state index in [1.165, 1.54) is 0 Å². The number of hydrogen-bond donors (Lipinski definition) is 0. The number of benzene rings is 1. The lowest BCUT2D eigenvalue weighted by atomic mass is 9.86. The first-order valence-corrected chi connectivity index (χ1v) is 6.96. The van der Waals surface area contributed by atoms with Gasteiger partial charge in [-0.05, 0) is 17.0 Å². The molecule has 0 bridgehead atoms. The molecule has 1 aliphatic heterocycles. The molecule has 96 valence electrons. The van der Waals surface area contributed by atoms with Crippen molar-refractivity contribution in [3.8, 4) is 11.5 Å². The second-order valence-electron chi connectivity index (χ2n) is 5.47. The standard InChI is InChI=1S/C14H15BrO3/c1-14(2)7-9(16)11-12(14)8(15)6-10-13(11)18-5-3-4-17-10/h6H,3-5,7H2,1-2H3. The molecule has 1 heterocycles. The molecule has 0 unspecified atom stereocenters. The highest BCUT2D eigenvalue weighted by Gasteiger charge is 2.41. The fraction of sp³-hybridized carbons (Fsp3) is 0.500. The van der Waals surface area contributed by atoms with Crippen molar-refractivity contribution in [1.82, 2.24) is 0 Å². The predicted molar refractivity (Wildman–Crippen MR) is 71.7 cm³/mol. The number of Topliss-reactive ketones (excluding diaryl/α,β-unsaturated/α-hetero) is 1. The summed E-state index contributed by atoms with van der Waals surface area (Å²) in [6.45, 7) is 5.42. The van der Waals surface area contributed by atoms with Crippen LogP contribution in [0.25, 0.3) is 0 Å². The van der Waals surface area contributed by atoms with Gasteiger partial charge < -0.3 is 9.47 Å². The Morgan fingerprint density at radius 2 is 2.00 bits per heavy atom. The van der Waals surface area contributed by atoms with Gasteiger partial charge in [0.25, 0.3) is 0 Å². The summed E-state index contributed by atoms with van der Waals surface area (Å²) >= 11 is 3.57. The average Bonchev–Trinajstić information content (AvgIpc) is 2.46. The molecule has 0 spiro atoms. The molecule has 0 fully saturated rings. The van der Waals surface area contributed by atoms with Crippen molar-refractivity contribution in [3.63, 3.8) is 0 Å². The summed E-state index contributed by atoms with van der Waals surface area (Å²) in [4.78, 5) is 12.3.